The summed E-state index contributed by atoms with van der Waals surface area (Å²) in [5.41, 5.74) is 7.64. The van der Waals surface area contributed by atoms with Crippen molar-refractivity contribution in [1.82, 2.24) is 4.90 Å². The second-order valence-corrected chi connectivity index (χ2v) is 6.40. The molecule has 1 fully saturated rings. The summed E-state index contributed by atoms with van der Waals surface area (Å²) in [6.45, 7) is 5.20. The molecule has 0 bridgehead atoms. The molecule has 0 spiro atoms. The van der Waals surface area contributed by atoms with E-state index in [0.717, 1.165) is 18.7 Å². The van der Waals surface area contributed by atoms with E-state index in [1.165, 1.54) is 30.2 Å². The summed E-state index contributed by atoms with van der Waals surface area (Å²) >= 11 is 2.04. The summed E-state index contributed by atoms with van der Waals surface area (Å²) in [7, 11) is 0. The number of hydrogen-bond donors (Lipinski definition) is 2. The average Bonchev–Trinajstić information content (AvgIpc) is 2.47. The van der Waals surface area contributed by atoms with Crippen LogP contribution in [0.15, 0.2) is 24.3 Å². The first-order valence-electron chi connectivity index (χ1n) is 7.10. The van der Waals surface area contributed by atoms with E-state index in [-0.39, 0.29) is 30.7 Å². The van der Waals surface area contributed by atoms with E-state index >= 15 is 0 Å². The lowest BCUT2D eigenvalue weighted by molar-refractivity contribution is -0.117. The maximum atomic E-state index is 11.5. The van der Waals surface area contributed by atoms with Crippen LogP contribution in [-0.2, 0) is 11.2 Å². The molecule has 1 aliphatic rings. The summed E-state index contributed by atoms with van der Waals surface area (Å²) in [6.07, 6.45) is 1.06. The van der Waals surface area contributed by atoms with Gasteiger partial charge in [0.1, 0.15) is 0 Å². The molecule has 1 aromatic rings. The van der Waals surface area contributed by atoms with Crippen LogP contribution in [0.3, 0.4) is 0 Å². The highest BCUT2D eigenvalue weighted by Gasteiger charge is 2.10. The van der Waals surface area contributed by atoms with Gasteiger partial charge in [-0.25, -0.2) is 0 Å². The Bertz CT molecular complexity index is 437. The summed E-state index contributed by atoms with van der Waals surface area (Å²) in [5, 5.41) is 2.80. The topological polar surface area (TPSA) is 58.4 Å². The molecule has 0 unspecified atom stereocenters. The van der Waals surface area contributed by atoms with Gasteiger partial charge in [-0.3, -0.25) is 4.79 Å². The Balaban J connectivity index is 0.00000220. The van der Waals surface area contributed by atoms with Crippen molar-refractivity contribution in [3.05, 3.63) is 29.8 Å². The van der Waals surface area contributed by atoms with Crippen molar-refractivity contribution >= 4 is 48.2 Å². The Hall–Kier alpha value is -0.460. The van der Waals surface area contributed by atoms with E-state index in [0.29, 0.717) is 0 Å². The van der Waals surface area contributed by atoms with Crippen molar-refractivity contribution in [1.29, 1.82) is 0 Å². The fraction of sp³-hybridized carbons (Fsp3) is 0.533. The standard InChI is InChI=1S/C15H23N3OS.2ClH/c1-12(16)15(19)17-14-4-2-13(3-5-14)6-7-18-8-10-20-11-9-18;;/h2-5,12H,6-11,16H2,1H3,(H,17,19);2*1H/t12-;;/m1../s1. The predicted molar refractivity (Wildman–Crippen MR) is 101 cm³/mol. The van der Waals surface area contributed by atoms with E-state index in [1.54, 1.807) is 6.92 Å². The van der Waals surface area contributed by atoms with Crippen LogP contribution in [0.25, 0.3) is 0 Å². The molecule has 1 heterocycles. The Morgan fingerprint density at radius 1 is 1.27 bits per heavy atom. The van der Waals surface area contributed by atoms with Gasteiger partial charge in [0.2, 0.25) is 5.91 Å². The summed E-state index contributed by atoms with van der Waals surface area (Å²) in [5.74, 6) is 2.35. The maximum Gasteiger partial charge on any atom is 0.240 e. The monoisotopic (exact) mass is 365 g/mol. The molecule has 4 nitrogen and oxygen atoms in total. The van der Waals surface area contributed by atoms with Gasteiger partial charge in [0, 0.05) is 36.8 Å². The number of benzene rings is 1. The van der Waals surface area contributed by atoms with Crippen molar-refractivity contribution in [2.75, 3.05) is 36.5 Å². The number of carbonyl (C=O) groups is 1. The first-order chi connectivity index (χ1) is 9.65. The van der Waals surface area contributed by atoms with Crippen LogP contribution in [-0.4, -0.2) is 48.0 Å². The molecule has 3 N–H and O–H groups in total. The smallest absolute Gasteiger partial charge is 0.240 e. The first kappa shape index (κ1) is 21.5. The van der Waals surface area contributed by atoms with E-state index in [2.05, 4.69) is 22.3 Å². The number of anilines is 1. The molecule has 7 heteroatoms. The fourth-order valence-electron chi connectivity index (χ4n) is 2.12. The van der Waals surface area contributed by atoms with Crippen molar-refractivity contribution in [2.24, 2.45) is 5.73 Å². The molecule has 1 amide bonds. The van der Waals surface area contributed by atoms with Gasteiger partial charge in [-0.15, -0.1) is 24.8 Å². The molecule has 0 aliphatic carbocycles. The Labute approximate surface area is 149 Å². The zero-order valence-corrected chi connectivity index (χ0v) is 15.2. The van der Waals surface area contributed by atoms with Crippen molar-refractivity contribution in [2.45, 2.75) is 19.4 Å². The number of nitrogens with zero attached hydrogens (tertiary/aromatic N) is 1. The number of rotatable bonds is 5. The molecule has 1 aromatic carbocycles. The molecular weight excluding hydrogens is 341 g/mol. The van der Waals surface area contributed by atoms with Gasteiger partial charge >= 0.3 is 0 Å². The van der Waals surface area contributed by atoms with Crippen molar-refractivity contribution in [3.63, 3.8) is 0 Å². The van der Waals surface area contributed by atoms with Gasteiger partial charge in [-0.2, -0.15) is 11.8 Å². The lowest BCUT2D eigenvalue weighted by Crippen LogP contribution is -2.34. The molecule has 1 atom stereocenters. The van der Waals surface area contributed by atoms with Gasteiger partial charge in [0.15, 0.2) is 0 Å². The highest BCUT2D eigenvalue weighted by Crippen LogP contribution is 2.13. The van der Waals surface area contributed by atoms with E-state index in [1.807, 2.05) is 23.9 Å². The quantitative estimate of drug-likeness (QED) is 0.840. The van der Waals surface area contributed by atoms with Crippen LogP contribution < -0.4 is 11.1 Å². The molecule has 0 aromatic heterocycles. The number of nitrogens with two attached hydrogens (primary N) is 1. The highest BCUT2D eigenvalue weighted by molar-refractivity contribution is 7.99. The third-order valence-corrected chi connectivity index (χ3v) is 4.40. The maximum absolute atomic E-state index is 11.5. The summed E-state index contributed by atoms with van der Waals surface area (Å²) in [4.78, 5) is 14.0. The van der Waals surface area contributed by atoms with Gasteiger partial charge in [0.25, 0.3) is 0 Å². The second kappa shape index (κ2) is 11.1. The Morgan fingerprint density at radius 2 is 1.86 bits per heavy atom. The summed E-state index contributed by atoms with van der Waals surface area (Å²) < 4.78 is 0. The minimum atomic E-state index is -0.480. The van der Waals surface area contributed by atoms with E-state index in [9.17, 15) is 4.79 Å². The minimum absolute atomic E-state index is 0. The molecular formula is C15H25Cl2N3OS. The van der Waals surface area contributed by atoms with Crippen LogP contribution in [0.5, 0.6) is 0 Å². The number of thioether (sulfide) groups is 1. The zero-order chi connectivity index (χ0) is 14.4. The second-order valence-electron chi connectivity index (χ2n) is 5.18. The van der Waals surface area contributed by atoms with Gasteiger partial charge in [-0.05, 0) is 31.0 Å². The van der Waals surface area contributed by atoms with E-state index in [4.69, 9.17) is 5.73 Å². The lowest BCUT2D eigenvalue weighted by Gasteiger charge is -2.26. The number of amides is 1. The normalized spacial score (nSPS) is 16.1. The van der Waals surface area contributed by atoms with Gasteiger partial charge in [0.05, 0.1) is 6.04 Å². The predicted octanol–water partition coefficient (Wildman–Crippen LogP) is 2.41. The average molecular weight is 366 g/mol. The first-order valence-corrected chi connectivity index (χ1v) is 8.26. The largest absolute Gasteiger partial charge is 0.325 e. The number of carbonyl (C=O) groups excluding carboxylic acids is 1. The third kappa shape index (κ3) is 7.20. The van der Waals surface area contributed by atoms with E-state index < -0.39 is 6.04 Å². The number of nitrogens with one attached hydrogen (secondary N) is 1. The fourth-order valence-corrected chi connectivity index (χ4v) is 3.10. The highest BCUT2D eigenvalue weighted by atomic mass is 35.5. The summed E-state index contributed by atoms with van der Waals surface area (Å²) in [6, 6.07) is 7.57. The van der Waals surface area contributed by atoms with Crippen LogP contribution in [0.4, 0.5) is 5.69 Å². The molecule has 22 heavy (non-hydrogen) atoms. The Kier molecular flexibility index (Phi) is 10.9. The van der Waals surface area contributed by atoms with Gasteiger partial charge in [-0.1, -0.05) is 12.1 Å². The molecule has 0 saturated carbocycles. The minimum Gasteiger partial charge on any atom is -0.325 e. The molecule has 2 rings (SSSR count). The molecule has 1 saturated heterocycles. The number of hydrogen-bond acceptors (Lipinski definition) is 4. The van der Waals surface area contributed by atoms with Crippen LogP contribution in [0.2, 0.25) is 0 Å². The molecule has 1 aliphatic heterocycles. The molecule has 126 valence electrons. The van der Waals surface area contributed by atoms with Gasteiger partial charge < -0.3 is 16.0 Å². The van der Waals surface area contributed by atoms with Crippen LogP contribution in [0, 0.1) is 0 Å². The van der Waals surface area contributed by atoms with Crippen molar-refractivity contribution < 1.29 is 4.79 Å². The Morgan fingerprint density at radius 3 is 2.41 bits per heavy atom. The SMILES string of the molecule is C[C@@H](N)C(=O)Nc1ccc(CCN2CCSCC2)cc1.Cl.Cl. The molecule has 0 radical (unpaired) electrons. The van der Waals surface area contributed by atoms with Crippen LogP contribution in [0.1, 0.15) is 12.5 Å². The zero-order valence-electron chi connectivity index (χ0n) is 12.8. The third-order valence-electron chi connectivity index (χ3n) is 3.46. The van der Waals surface area contributed by atoms with Crippen molar-refractivity contribution in [3.8, 4) is 0 Å². The number of halogens is 2. The van der Waals surface area contributed by atoms with Crippen LogP contribution >= 0.6 is 36.6 Å². The lowest BCUT2D eigenvalue weighted by atomic mass is 10.1.